The van der Waals surface area contributed by atoms with Crippen molar-refractivity contribution in [2.75, 3.05) is 0 Å². The molecule has 1 unspecified atom stereocenters. The Balaban J connectivity index is 0. The van der Waals surface area contributed by atoms with E-state index < -0.39 is 0 Å². The van der Waals surface area contributed by atoms with Gasteiger partial charge in [0.15, 0.2) is 0 Å². The van der Waals surface area contributed by atoms with Crippen LogP contribution in [0.5, 0.6) is 5.75 Å². The molecule has 1 atom stereocenters. The summed E-state index contributed by atoms with van der Waals surface area (Å²) in [6, 6.07) is 9.60. The van der Waals surface area contributed by atoms with Crippen LogP contribution in [-0.4, -0.2) is 9.52 Å². The molecular formula is C21H30OSiTi-. The van der Waals surface area contributed by atoms with Gasteiger partial charge < -0.3 is 4.74 Å². The van der Waals surface area contributed by atoms with Crippen LogP contribution in [0.15, 0.2) is 72.0 Å². The van der Waals surface area contributed by atoms with Crippen molar-refractivity contribution in [2.45, 2.75) is 40.8 Å². The average Bonchev–Trinajstić information content (AvgIpc) is 2.76. The first-order valence-corrected chi connectivity index (χ1v) is 10.3. The van der Waals surface area contributed by atoms with Gasteiger partial charge in [-0.05, 0) is 18.2 Å². The van der Waals surface area contributed by atoms with E-state index in [0.29, 0.717) is 5.92 Å². The molecule has 0 saturated carbocycles. The maximum Gasteiger partial charge on any atom is 0.126 e. The second kappa shape index (κ2) is 15.4. The maximum absolute atomic E-state index is 5.19. The monoisotopic (exact) mass is 374 g/mol. The Labute approximate surface area is 166 Å². The van der Waals surface area contributed by atoms with Gasteiger partial charge in [0.1, 0.15) is 5.75 Å². The first kappa shape index (κ1) is 25.2. The van der Waals surface area contributed by atoms with Gasteiger partial charge in [0.2, 0.25) is 0 Å². The first-order chi connectivity index (χ1) is 11.0. The minimum atomic E-state index is 0. The van der Waals surface area contributed by atoms with Crippen LogP contribution in [0, 0.1) is 12.0 Å². The minimum absolute atomic E-state index is 0. The van der Waals surface area contributed by atoms with Gasteiger partial charge in [0.25, 0.3) is 0 Å². The predicted octanol–water partition coefficient (Wildman–Crippen LogP) is 6.00. The van der Waals surface area contributed by atoms with Crippen molar-refractivity contribution >= 4 is 9.52 Å². The molecule has 1 aromatic rings. The second-order valence-corrected chi connectivity index (χ2v) is 6.53. The third kappa shape index (κ3) is 10.6. The molecule has 0 aromatic heterocycles. The van der Waals surface area contributed by atoms with Crippen molar-refractivity contribution < 1.29 is 26.5 Å². The normalized spacial score (nSPS) is 15.4. The molecule has 2 rings (SSSR count). The summed E-state index contributed by atoms with van der Waals surface area (Å²) >= 11 is 0. The van der Waals surface area contributed by atoms with Crippen molar-refractivity contribution in [3.63, 3.8) is 0 Å². The minimum Gasteiger partial charge on any atom is -0.465 e. The third-order valence-electron chi connectivity index (χ3n) is 3.40. The van der Waals surface area contributed by atoms with E-state index in [0.717, 1.165) is 15.3 Å². The summed E-state index contributed by atoms with van der Waals surface area (Å²) < 4.78 is 5.19. The molecule has 24 heavy (non-hydrogen) atoms. The van der Waals surface area contributed by atoms with Crippen LogP contribution in [-0.2, 0) is 21.7 Å². The van der Waals surface area contributed by atoms with E-state index in [2.05, 4.69) is 53.4 Å². The molecule has 0 bridgehead atoms. The zero-order valence-electron chi connectivity index (χ0n) is 15.9. The maximum atomic E-state index is 5.19. The Morgan fingerprint density at radius 2 is 1.67 bits per heavy atom. The molecule has 0 amide bonds. The summed E-state index contributed by atoms with van der Waals surface area (Å²) in [5, 5.41) is 0. The first-order valence-electron chi connectivity index (χ1n) is 7.98. The fraction of sp³-hybridized carbons (Fsp3) is 0.333. The van der Waals surface area contributed by atoms with Crippen molar-refractivity contribution in [2.24, 2.45) is 5.92 Å². The molecule has 3 heteroatoms. The predicted molar refractivity (Wildman–Crippen MR) is 105 cm³/mol. The Morgan fingerprint density at radius 1 is 1.12 bits per heavy atom. The number of benzene rings is 1. The second-order valence-electron chi connectivity index (χ2n) is 5.37. The quantitative estimate of drug-likeness (QED) is 0.273. The molecular weight excluding hydrogens is 344 g/mol. The van der Waals surface area contributed by atoms with Gasteiger partial charge in [-0.2, -0.15) is 11.1 Å². The van der Waals surface area contributed by atoms with Gasteiger partial charge in [-0.15, -0.1) is 6.92 Å². The van der Waals surface area contributed by atoms with Gasteiger partial charge in [0.05, 0.1) is 6.26 Å². The fourth-order valence-electron chi connectivity index (χ4n) is 1.83. The smallest absolute Gasteiger partial charge is 0.126 e. The Kier molecular flexibility index (Phi) is 16.2. The van der Waals surface area contributed by atoms with Crippen LogP contribution in [0.25, 0.3) is 0 Å². The van der Waals surface area contributed by atoms with E-state index in [1.165, 1.54) is 16.7 Å². The van der Waals surface area contributed by atoms with Gasteiger partial charge in [-0.1, -0.05) is 70.6 Å². The fourth-order valence-corrected chi connectivity index (χ4v) is 1.83. The van der Waals surface area contributed by atoms with Gasteiger partial charge >= 0.3 is 0 Å². The number of hydrogen-bond donors (Lipinski definition) is 0. The van der Waals surface area contributed by atoms with Crippen molar-refractivity contribution in [3.8, 4) is 5.75 Å². The van der Waals surface area contributed by atoms with Crippen molar-refractivity contribution in [3.05, 3.63) is 78.1 Å². The summed E-state index contributed by atoms with van der Waals surface area (Å²) in [5.74, 6) is 1.40. The van der Waals surface area contributed by atoms with E-state index in [1.54, 1.807) is 18.4 Å². The molecule has 0 heterocycles. The van der Waals surface area contributed by atoms with Gasteiger partial charge in [-0.3, -0.25) is 6.08 Å². The summed E-state index contributed by atoms with van der Waals surface area (Å²) in [7, 11) is 0.750. The van der Waals surface area contributed by atoms with Crippen LogP contribution in [0.3, 0.4) is 0 Å². The van der Waals surface area contributed by atoms with Crippen molar-refractivity contribution in [1.29, 1.82) is 0 Å². The molecule has 1 radical (unpaired) electrons. The van der Waals surface area contributed by atoms with Crippen LogP contribution < -0.4 is 4.74 Å². The molecule has 0 aliphatic heterocycles. The number of allylic oxidation sites excluding steroid dienone is 6. The van der Waals surface area contributed by atoms with Crippen LogP contribution >= 0.6 is 0 Å². The zero-order chi connectivity index (χ0) is 17.7. The average molecular weight is 374 g/mol. The molecule has 0 spiro atoms. The molecule has 1 aliphatic carbocycles. The van der Waals surface area contributed by atoms with E-state index in [-0.39, 0.29) is 21.7 Å². The molecule has 129 valence electrons. The third-order valence-corrected chi connectivity index (χ3v) is 3.40. The summed E-state index contributed by atoms with van der Waals surface area (Å²) in [4.78, 5) is 0. The van der Waals surface area contributed by atoms with Crippen LogP contribution in [0.1, 0.15) is 27.7 Å². The molecule has 0 fully saturated rings. The number of ether oxygens (including phenoxy) is 1. The largest absolute Gasteiger partial charge is 0.465 e. The summed E-state index contributed by atoms with van der Waals surface area (Å²) in [6.07, 6.45) is 8.37. The molecule has 1 aliphatic rings. The Hall–Kier alpha value is -1.09. The molecule has 1 aromatic carbocycles. The van der Waals surface area contributed by atoms with Crippen molar-refractivity contribution in [1.82, 2.24) is 0 Å². The molecule has 0 saturated heterocycles. The van der Waals surface area contributed by atoms with Crippen LogP contribution in [0.4, 0.5) is 0 Å². The zero-order valence-corrected chi connectivity index (χ0v) is 18.6. The standard InChI is InChI=1S/C10H10O.C9H13.C2H7Si.Ti/c1-2-3-9-11-10-7-5-4-6-8-10;1-6-5-7(2)9(4)8(6)3;1-3-2;/h2-9H,1H2;6H,1-4H3;3H,1-2H3;/q;-1;;. The van der Waals surface area contributed by atoms with E-state index in [4.69, 9.17) is 4.74 Å². The van der Waals surface area contributed by atoms with E-state index in [9.17, 15) is 0 Å². The summed E-state index contributed by atoms with van der Waals surface area (Å²) in [6.45, 7) is 16.6. The molecule has 1 nitrogen and oxygen atoms in total. The number of rotatable bonds is 3. The molecule has 0 N–H and O–H groups in total. The summed E-state index contributed by atoms with van der Waals surface area (Å²) in [5.41, 5.74) is 4.25. The Bertz CT molecular complexity index is 544. The SMILES string of the molecule is C=CC=COc1ccccc1.CC1=[C-]C(C)C(C)=C1C.C[SiH]C.[Ti]. The number of para-hydroxylation sites is 1. The number of hydrogen-bond acceptors (Lipinski definition) is 1. The topological polar surface area (TPSA) is 9.23 Å². The van der Waals surface area contributed by atoms with E-state index in [1.807, 2.05) is 30.3 Å². The van der Waals surface area contributed by atoms with Gasteiger partial charge in [0, 0.05) is 31.2 Å². The van der Waals surface area contributed by atoms with Gasteiger partial charge in [-0.25, -0.2) is 5.57 Å². The Morgan fingerprint density at radius 3 is 2.00 bits per heavy atom. The van der Waals surface area contributed by atoms with E-state index >= 15 is 0 Å². The van der Waals surface area contributed by atoms with Crippen LogP contribution in [0.2, 0.25) is 13.1 Å².